The summed E-state index contributed by atoms with van der Waals surface area (Å²) >= 11 is 1.25. The van der Waals surface area contributed by atoms with Gasteiger partial charge in [0.25, 0.3) is 5.56 Å². The number of carbonyl (C=O) groups is 1. The lowest BCUT2D eigenvalue weighted by atomic mass is 10.1. The van der Waals surface area contributed by atoms with Crippen molar-refractivity contribution in [2.24, 2.45) is 0 Å². The highest BCUT2D eigenvalue weighted by Gasteiger charge is 2.18. The second kappa shape index (κ2) is 8.28. The predicted octanol–water partition coefficient (Wildman–Crippen LogP) is 2.98. The lowest BCUT2D eigenvalue weighted by Crippen LogP contribution is -2.41. The van der Waals surface area contributed by atoms with E-state index in [1.165, 1.54) is 11.3 Å². The van der Waals surface area contributed by atoms with Crippen LogP contribution in [0.15, 0.2) is 81.7 Å². The van der Waals surface area contributed by atoms with E-state index in [0.29, 0.717) is 23.3 Å². The second-order valence-corrected chi connectivity index (χ2v) is 7.62. The van der Waals surface area contributed by atoms with Crippen LogP contribution < -0.4 is 11.2 Å². The number of benzene rings is 2. The summed E-state index contributed by atoms with van der Waals surface area (Å²) in [6, 6.07) is 21.0. The number of nitrogens with zero attached hydrogens (tertiary/aromatic N) is 2. The molecule has 0 unspecified atom stereocenters. The van der Waals surface area contributed by atoms with Gasteiger partial charge in [0.2, 0.25) is 5.91 Å². The quantitative estimate of drug-likeness (QED) is 0.536. The summed E-state index contributed by atoms with van der Waals surface area (Å²) in [5.41, 5.74) is 1.44. The van der Waals surface area contributed by atoms with E-state index in [2.05, 4.69) is 4.98 Å². The van der Waals surface area contributed by atoms with Crippen LogP contribution in [-0.2, 0) is 24.4 Å². The van der Waals surface area contributed by atoms with Crippen molar-refractivity contribution in [1.29, 1.82) is 0 Å². The topological polar surface area (TPSA) is 75.2 Å². The van der Waals surface area contributed by atoms with Crippen molar-refractivity contribution in [1.82, 2.24) is 14.5 Å². The number of nitrogens with one attached hydrogen (secondary N) is 1. The number of amides is 1. The number of fused-ring (bicyclic) bond motifs is 1. The van der Waals surface area contributed by atoms with Gasteiger partial charge in [-0.15, -0.1) is 11.3 Å². The summed E-state index contributed by atoms with van der Waals surface area (Å²) in [5.74, 6) is -0.291. The molecule has 2 aromatic heterocycles. The van der Waals surface area contributed by atoms with E-state index < -0.39 is 11.2 Å². The molecule has 0 spiro atoms. The van der Waals surface area contributed by atoms with Crippen molar-refractivity contribution in [2.75, 3.05) is 0 Å². The zero-order chi connectivity index (χ0) is 20.2. The van der Waals surface area contributed by atoms with Gasteiger partial charge in [-0.25, -0.2) is 9.36 Å². The van der Waals surface area contributed by atoms with Crippen molar-refractivity contribution in [2.45, 2.75) is 19.6 Å². The van der Waals surface area contributed by atoms with Crippen LogP contribution in [0.3, 0.4) is 0 Å². The van der Waals surface area contributed by atoms with Gasteiger partial charge in [-0.2, -0.15) is 0 Å². The van der Waals surface area contributed by atoms with E-state index in [0.717, 1.165) is 15.7 Å². The van der Waals surface area contributed by atoms with Crippen LogP contribution in [-0.4, -0.2) is 20.4 Å². The number of carbonyl (C=O) groups excluding carboxylic acids is 1. The molecule has 29 heavy (non-hydrogen) atoms. The predicted molar refractivity (Wildman–Crippen MR) is 114 cm³/mol. The largest absolute Gasteiger partial charge is 0.332 e. The minimum Gasteiger partial charge on any atom is -0.332 e. The Labute approximate surface area is 170 Å². The van der Waals surface area contributed by atoms with Gasteiger partial charge in [0.15, 0.2) is 0 Å². The van der Waals surface area contributed by atoms with Crippen molar-refractivity contribution < 1.29 is 4.79 Å². The first-order chi connectivity index (χ1) is 14.1. The fraction of sp³-hybridized carbons (Fsp3) is 0.136. The number of hydrogen-bond acceptors (Lipinski definition) is 4. The lowest BCUT2D eigenvalue weighted by Gasteiger charge is -2.23. The average Bonchev–Trinajstić information content (AvgIpc) is 3.20. The highest BCUT2D eigenvalue weighted by atomic mass is 32.1. The first-order valence-electron chi connectivity index (χ1n) is 9.18. The van der Waals surface area contributed by atoms with Gasteiger partial charge in [-0.1, -0.05) is 60.7 Å². The van der Waals surface area contributed by atoms with Crippen molar-refractivity contribution in [3.05, 3.63) is 104 Å². The van der Waals surface area contributed by atoms with E-state index in [1.54, 1.807) is 16.3 Å². The molecule has 7 heteroatoms. The zero-order valence-corrected chi connectivity index (χ0v) is 16.4. The summed E-state index contributed by atoms with van der Waals surface area (Å²) in [4.78, 5) is 42.5. The minimum atomic E-state index is -0.575. The summed E-state index contributed by atoms with van der Waals surface area (Å²) in [7, 11) is 0. The SMILES string of the molecule is O=C(Cn1c(=O)[nH]c2ccsc2c1=O)N(Cc1ccccc1)Cc1ccccc1. The smallest absolute Gasteiger partial charge is 0.329 e. The van der Waals surface area contributed by atoms with Crippen LogP contribution in [0.25, 0.3) is 10.2 Å². The van der Waals surface area contributed by atoms with Crippen LogP contribution in [0.2, 0.25) is 0 Å². The number of aromatic nitrogens is 2. The number of thiophene rings is 1. The zero-order valence-electron chi connectivity index (χ0n) is 15.6. The maximum atomic E-state index is 13.1. The number of rotatable bonds is 6. The molecule has 0 atom stereocenters. The summed E-state index contributed by atoms with van der Waals surface area (Å²) in [6.07, 6.45) is 0. The Morgan fingerprint density at radius 3 is 2.07 bits per heavy atom. The summed E-state index contributed by atoms with van der Waals surface area (Å²) in [6.45, 7) is 0.479. The van der Waals surface area contributed by atoms with Crippen molar-refractivity contribution >= 4 is 27.5 Å². The molecule has 1 amide bonds. The van der Waals surface area contributed by atoms with Gasteiger partial charge >= 0.3 is 5.69 Å². The monoisotopic (exact) mass is 405 g/mol. The van der Waals surface area contributed by atoms with Crippen LogP contribution in [0, 0.1) is 0 Å². The maximum Gasteiger partial charge on any atom is 0.329 e. The van der Waals surface area contributed by atoms with Crippen molar-refractivity contribution in [3.63, 3.8) is 0 Å². The van der Waals surface area contributed by atoms with E-state index in [9.17, 15) is 14.4 Å². The first-order valence-corrected chi connectivity index (χ1v) is 10.1. The third-order valence-corrected chi connectivity index (χ3v) is 5.57. The van der Waals surface area contributed by atoms with E-state index in [-0.39, 0.29) is 12.5 Å². The van der Waals surface area contributed by atoms with Gasteiger partial charge in [0.1, 0.15) is 11.2 Å². The van der Waals surface area contributed by atoms with Crippen LogP contribution in [0.1, 0.15) is 11.1 Å². The highest BCUT2D eigenvalue weighted by Crippen LogP contribution is 2.13. The van der Waals surface area contributed by atoms with Crippen molar-refractivity contribution in [3.8, 4) is 0 Å². The molecule has 4 aromatic rings. The number of H-pyrrole nitrogens is 1. The van der Waals surface area contributed by atoms with Crippen LogP contribution in [0.4, 0.5) is 0 Å². The Bertz CT molecular complexity index is 1200. The fourth-order valence-corrected chi connectivity index (χ4v) is 3.99. The molecule has 4 rings (SSSR count). The average molecular weight is 405 g/mol. The van der Waals surface area contributed by atoms with Gasteiger partial charge in [-0.3, -0.25) is 9.59 Å². The van der Waals surface area contributed by atoms with Gasteiger partial charge in [0.05, 0.1) is 5.52 Å². The van der Waals surface area contributed by atoms with Gasteiger partial charge in [-0.05, 0) is 22.6 Å². The summed E-state index contributed by atoms with van der Waals surface area (Å²) in [5, 5.41) is 1.74. The molecule has 0 bridgehead atoms. The standard InChI is InChI=1S/C22H19N3O3S/c26-19(15-25-21(27)20-18(11-12-29-20)23-22(25)28)24(13-16-7-3-1-4-8-16)14-17-9-5-2-6-10-17/h1-12H,13-15H2,(H,23,28). The molecule has 0 aliphatic heterocycles. The van der Waals surface area contributed by atoms with E-state index in [1.807, 2.05) is 60.7 Å². The Kier molecular flexibility index (Phi) is 5.39. The highest BCUT2D eigenvalue weighted by molar-refractivity contribution is 7.17. The minimum absolute atomic E-state index is 0.291. The Morgan fingerprint density at radius 1 is 0.897 bits per heavy atom. The number of aromatic amines is 1. The third-order valence-electron chi connectivity index (χ3n) is 4.67. The fourth-order valence-electron chi connectivity index (χ4n) is 3.19. The molecule has 0 fully saturated rings. The normalized spacial score (nSPS) is 10.9. The van der Waals surface area contributed by atoms with E-state index in [4.69, 9.17) is 0 Å². The molecule has 0 saturated heterocycles. The Morgan fingerprint density at radius 2 is 1.48 bits per heavy atom. The summed E-state index contributed by atoms with van der Waals surface area (Å²) < 4.78 is 1.42. The van der Waals surface area contributed by atoms with E-state index >= 15 is 0 Å². The van der Waals surface area contributed by atoms with Gasteiger partial charge in [0, 0.05) is 13.1 Å². The molecular formula is C22H19N3O3S. The first kappa shape index (κ1) is 18.9. The second-order valence-electron chi connectivity index (χ2n) is 6.71. The molecular weight excluding hydrogens is 386 g/mol. The van der Waals surface area contributed by atoms with Gasteiger partial charge < -0.3 is 9.88 Å². The Balaban J connectivity index is 1.64. The molecule has 1 N–H and O–H groups in total. The molecule has 0 radical (unpaired) electrons. The third kappa shape index (κ3) is 4.20. The molecule has 146 valence electrons. The molecule has 0 saturated carbocycles. The van der Waals surface area contributed by atoms with Crippen LogP contribution in [0.5, 0.6) is 0 Å². The molecule has 2 heterocycles. The lowest BCUT2D eigenvalue weighted by molar-refractivity contribution is -0.133. The Hall–Kier alpha value is -3.45. The molecule has 0 aliphatic rings. The maximum absolute atomic E-state index is 13.1. The van der Waals surface area contributed by atoms with Crippen LogP contribution >= 0.6 is 11.3 Å². The molecule has 0 aliphatic carbocycles. The molecule has 2 aromatic carbocycles. The number of hydrogen-bond donors (Lipinski definition) is 1. The molecule has 6 nitrogen and oxygen atoms in total.